The minimum Gasteiger partial charge on any atom is -0.389 e. The van der Waals surface area contributed by atoms with Crippen molar-refractivity contribution in [2.24, 2.45) is 0 Å². The van der Waals surface area contributed by atoms with E-state index in [0.29, 0.717) is 18.0 Å². The second-order valence-electron chi connectivity index (χ2n) is 5.84. The lowest BCUT2D eigenvalue weighted by Gasteiger charge is -2.33. The van der Waals surface area contributed by atoms with Crippen molar-refractivity contribution in [1.82, 2.24) is 4.31 Å². The highest BCUT2D eigenvalue weighted by molar-refractivity contribution is 7.89. The molecule has 1 fully saturated rings. The Kier molecular flexibility index (Phi) is 4.17. The van der Waals surface area contributed by atoms with Crippen molar-refractivity contribution in [3.05, 3.63) is 28.8 Å². The third-order valence-corrected chi connectivity index (χ3v) is 6.08. The zero-order chi connectivity index (χ0) is 15.1. The lowest BCUT2D eigenvalue weighted by Crippen LogP contribution is -2.48. The van der Waals surface area contributed by atoms with Gasteiger partial charge in [-0.25, -0.2) is 8.42 Å². The number of hydrogen-bond donors (Lipinski definition) is 1. The fourth-order valence-electron chi connectivity index (χ4n) is 2.60. The average molecular weight is 318 g/mol. The Morgan fingerprint density at radius 2 is 2.05 bits per heavy atom. The first-order valence-corrected chi connectivity index (χ1v) is 8.46. The van der Waals surface area contributed by atoms with Gasteiger partial charge in [0.05, 0.1) is 16.5 Å². The van der Waals surface area contributed by atoms with Gasteiger partial charge in [0.2, 0.25) is 10.0 Å². The molecule has 1 aliphatic heterocycles. The molecule has 1 heterocycles. The zero-order valence-electron chi connectivity index (χ0n) is 11.9. The number of halogens is 1. The van der Waals surface area contributed by atoms with Crippen LogP contribution >= 0.6 is 11.6 Å². The third kappa shape index (κ3) is 2.86. The van der Waals surface area contributed by atoms with E-state index in [-0.39, 0.29) is 4.90 Å². The van der Waals surface area contributed by atoms with Crippen molar-refractivity contribution in [2.75, 3.05) is 6.54 Å². The van der Waals surface area contributed by atoms with Crippen LogP contribution in [0, 0.1) is 6.92 Å². The molecule has 112 valence electrons. The highest BCUT2D eigenvalue weighted by Gasteiger charge is 2.42. The number of benzene rings is 1. The molecule has 1 saturated heterocycles. The minimum absolute atomic E-state index is 0.184. The number of aliphatic hydroxyl groups is 1. The van der Waals surface area contributed by atoms with Crippen molar-refractivity contribution in [1.29, 1.82) is 0 Å². The van der Waals surface area contributed by atoms with Crippen molar-refractivity contribution >= 4 is 21.6 Å². The fourth-order valence-corrected chi connectivity index (χ4v) is 4.69. The Balaban J connectivity index is 2.41. The van der Waals surface area contributed by atoms with Crippen LogP contribution in [0.15, 0.2) is 23.1 Å². The molecule has 0 amide bonds. The van der Waals surface area contributed by atoms with Crippen LogP contribution in [-0.2, 0) is 10.0 Å². The summed E-state index contributed by atoms with van der Waals surface area (Å²) in [5.74, 6) is 0. The van der Waals surface area contributed by atoms with Crippen LogP contribution in [0.4, 0.5) is 0 Å². The molecule has 1 aromatic rings. The van der Waals surface area contributed by atoms with E-state index < -0.39 is 21.7 Å². The van der Waals surface area contributed by atoms with Crippen molar-refractivity contribution < 1.29 is 13.5 Å². The van der Waals surface area contributed by atoms with E-state index in [9.17, 15) is 13.5 Å². The topological polar surface area (TPSA) is 57.6 Å². The van der Waals surface area contributed by atoms with Gasteiger partial charge < -0.3 is 5.11 Å². The van der Waals surface area contributed by atoms with Crippen LogP contribution in [0.5, 0.6) is 0 Å². The average Bonchev–Trinajstić information content (AvgIpc) is 2.82. The molecule has 6 heteroatoms. The first-order chi connectivity index (χ1) is 9.14. The highest BCUT2D eigenvalue weighted by Crippen LogP contribution is 2.33. The van der Waals surface area contributed by atoms with E-state index in [2.05, 4.69) is 0 Å². The van der Waals surface area contributed by atoms with Gasteiger partial charge in [-0.2, -0.15) is 4.31 Å². The molecule has 2 rings (SSSR count). The van der Waals surface area contributed by atoms with E-state index in [1.807, 2.05) is 6.92 Å². The van der Waals surface area contributed by atoms with Gasteiger partial charge in [-0.3, -0.25) is 0 Å². The summed E-state index contributed by atoms with van der Waals surface area (Å²) in [5, 5.41) is 10.6. The van der Waals surface area contributed by atoms with Gasteiger partial charge in [0.1, 0.15) is 0 Å². The van der Waals surface area contributed by atoms with Crippen LogP contribution in [0.25, 0.3) is 0 Å². The zero-order valence-corrected chi connectivity index (χ0v) is 13.5. The van der Waals surface area contributed by atoms with Gasteiger partial charge in [-0.05, 0) is 51.3 Å². The number of hydrogen-bond acceptors (Lipinski definition) is 3. The van der Waals surface area contributed by atoms with E-state index in [0.717, 1.165) is 12.0 Å². The van der Waals surface area contributed by atoms with Crippen LogP contribution in [0.3, 0.4) is 0 Å². The van der Waals surface area contributed by atoms with Gasteiger partial charge in [0, 0.05) is 11.6 Å². The highest BCUT2D eigenvalue weighted by atomic mass is 35.5. The SMILES string of the molecule is Cc1ccc(S(=O)(=O)N2CCCC2C(C)(C)O)cc1Cl. The second-order valence-corrected chi connectivity index (χ2v) is 8.14. The predicted molar refractivity (Wildman–Crippen MR) is 79.4 cm³/mol. The first-order valence-electron chi connectivity index (χ1n) is 6.64. The largest absolute Gasteiger partial charge is 0.389 e. The fraction of sp³-hybridized carbons (Fsp3) is 0.571. The Hall–Kier alpha value is -0.620. The summed E-state index contributed by atoms with van der Waals surface area (Å²) in [6, 6.07) is 4.35. The summed E-state index contributed by atoms with van der Waals surface area (Å²) in [6.45, 7) is 5.55. The van der Waals surface area contributed by atoms with Crippen LogP contribution < -0.4 is 0 Å². The molecular weight excluding hydrogens is 298 g/mol. The standard InChI is InChI=1S/C14H20ClNO3S/c1-10-6-7-11(9-12(10)15)20(18,19)16-8-4-5-13(16)14(2,3)17/h6-7,9,13,17H,4-5,8H2,1-3H3. The lowest BCUT2D eigenvalue weighted by atomic mass is 9.98. The molecule has 0 aliphatic carbocycles. The van der Waals surface area contributed by atoms with Crippen molar-refractivity contribution in [3.63, 3.8) is 0 Å². The number of nitrogens with zero attached hydrogens (tertiary/aromatic N) is 1. The Morgan fingerprint density at radius 3 is 2.60 bits per heavy atom. The molecule has 0 aromatic heterocycles. The Morgan fingerprint density at radius 1 is 1.40 bits per heavy atom. The number of sulfonamides is 1. The van der Waals surface area contributed by atoms with Gasteiger partial charge in [0.25, 0.3) is 0 Å². The van der Waals surface area contributed by atoms with E-state index in [4.69, 9.17) is 11.6 Å². The van der Waals surface area contributed by atoms with E-state index >= 15 is 0 Å². The van der Waals surface area contributed by atoms with Gasteiger partial charge in [-0.15, -0.1) is 0 Å². The molecule has 1 aliphatic rings. The predicted octanol–water partition coefficient (Wildman–Crippen LogP) is 2.57. The molecular formula is C14H20ClNO3S. The summed E-state index contributed by atoms with van der Waals surface area (Å²) in [6.07, 6.45) is 1.43. The lowest BCUT2D eigenvalue weighted by molar-refractivity contribution is 0.0215. The Bertz CT molecular complexity index is 607. The van der Waals surface area contributed by atoms with Gasteiger partial charge in [0.15, 0.2) is 0 Å². The van der Waals surface area contributed by atoms with E-state index in [1.165, 1.54) is 10.4 Å². The maximum absolute atomic E-state index is 12.7. The monoisotopic (exact) mass is 317 g/mol. The van der Waals surface area contributed by atoms with Crippen molar-refractivity contribution in [3.8, 4) is 0 Å². The maximum Gasteiger partial charge on any atom is 0.243 e. The molecule has 4 nitrogen and oxygen atoms in total. The minimum atomic E-state index is -3.62. The quantitative estimate of drug-likeness (QED) is 0.932. The second kappa shape index (κ2) is 5.30. The smallest absolute Gasteiger partial charge is 0.243 e. The molecule has 0 spiro atoms. The molecule has 1 unspecified atom stereocenters. The van der Waals surface area contributed by atoms with Crippen LogP contribution in [0.1, 0.15) is 32.3 Å². The summed E-state index contributed by atoms with van der Waals surface area (Å²) >= 11 is 6.02. The maximum atomic E-state index is 12.7. The third-order valence-electron chi connectivity index (χ3n) is 3.77. The molecule has 0 radical (unpaired) electrons. The van der Waals surface area contributed by atoms with E-state index in [1.54, 1.807) is 26.0 Å². The molecule has 0 bridgehead atoms. The summed E-state index contributed by atoms with van der Waals surface area (Å²) in [4.78, 5) is 0.184. The summed E-state index contributed by atoms with van der Waals surface area (Å²) < 4.78 is 26.8. The molecule has 1 N–H and O–H groups in total. The van der Waals surface area contributed by atoms with Crippen molar-refractivity contribution in [2.45, 2.75) is 50.2 Å². The molecule has 0 saturated carbocycles. The normalized spacial score (nSPS) is 21.4. The molecule has 1 aromatic carbocycles. The molecule has 20 heavy (non-hydrogen) atoms. The molecule has 1 atom stereocenters. The summed E-state index contributed by atoms with van der Waals surface area (Å²) in [7, 11) is -3.62. The summed E-state index contributed by atoms with van der Waals surface area (Å²) in [5.41, 5.74) is -0.219. The van der Waals surface area contributed by atoms with Crippen LogP contribution in [0.2, 0.25) is 5.02 Å². The Labute approximate surface area is 125 Å². The van der Waals surface area contributed by atoms with Crippen LogP contribution in [-0.4, -0.2) is 36.0 Å². The number of rotatable bonds is 3. The number of aryl methyl sites for hydroxylation is 1. The van der Waals surface area contributed by atoms with Gasteiger partial charge >= 0.3 is 0 Å². The van der Waals surface area contributed by atoms with Gasteiger partial charge in [-0.1, -0.05) is 17.7 Å². The first kappa shape index (κ1) is 15.8.